The Morgan fingerprint density at radius 3 is 1.68 bits per heavy atom. The van der Waals surface area contributed by atoms with Crippen LogP contribution >= 0.6 is 0 Å². The van der Waals surface area contributed by atoms with Gasteiger partial charge < -0.3 is 0 Å². The zero-order chi connectivity index (χ0) is 15.4. The first-order valence-electron chi connectivity index (χ1n) is 9.93. The Kier molecular flexibility index (Phi) is 3.74. The van der Waals surface area contributed by atoms with E-state index in [1.54, 1.807) is 0 Å². The first-order valence-corrected chi connectivity index (χ1v) is 16.0. The molecule has 0 aliphatic heterocycles. The van der Waals surface area contributed by atoms with Gasteiger partial charge in [0.15, 0.2) is 0 Å². The monoisotopic (exact) mass is 334 g/mol. The molecule has 0 saturated heterocycles. The summed E-state index contributed by atoms with van der Waals surface area (Å²) in [4.78, 5) is 5.16. The molecule has 0 bridgehead atoms. The molecule has 0 N–H and O–H groups in total. The van der Waals surface area contributed by atoms with Crippen molar-refractivity contribution >= 4 is 4.82 Å². The number of rotatable bonds is 2. The number of fused-ring (bicyclic) bond motifs is 2. The second kappa shape index (κ2) is 5.28. The van der Waals surface area contributed by atoms with E-state index in [0.717, 1.165) is 20.3 Å². The molecule has 0 spiro atoms. The van der Waals surface area contributed by atoms with E-state index in [2.05, 4.69) is 22.6 Å². The van der Waals surface area contributed by atoms with E-state index in [0.29, 0.717) is 0 Å². The summed E-state index contributed by atoms with van der Waals surface area (Å²) in [5.41, 5.74) is 3.78. The topological polar surface area (TPSA) is 0 Å². The van der Waals surface area contributed by atoms with E-state index >= 15 is 0 Å². The molecule has 0 aromatic carbocycles. The van der Waals surface area contributed by atoms with Crippen LogP contribution in [-0.2, 0) is 14.8 Å². The molecule has 0 nitrogen and oxygen atoms in total. The van der Waals surface area contributed by atoms with Crippen molar-refractivity contribution in [3.8, 4) is 0 Å². The molecule has 0 aromatic rings. The summed E-state index contributed by atoms with van der Waals surface area (Å²) in [6.45, 7) is 0. The average Bonchev–Trinajstić information content (AvgIpc) is 3.12. The molecule has 2 fully saturated rings. The van der Waals surface area contributed by atoms with Gasteiger partial charge in [-0.1, -0.05) is 0 Å². The van der Waals surface area contributed by atoms with E-state index in [1.165, 1.54) is 64.2 Å². The van der Waals surface area contributed by atoms with Gasteiger partial charge in [0.05, 0.1) is 0 Å². The SMILES string of the molecule is [CH2]=[Ti]([CH3])([CH3])([CH]1CCC2CCCC=C21)[CH]1CCC2CCCC=C21. The van der Waals surface area contributed by atoms with E-state index in [1.807, 2.05) is 11.1 Å². The quantitative estimate of drug-likeness (QED) is 0.384. The predicted octanol–water partition coefficient (Wildman–Crippen LogP) is 6.82. The molecule has 1 heteroatoms. The van der Waals surface area contributed by atoms with Crippen LogP contribution in [0.3, 0.4) is 0 Å². The molecule has 22 heavy (non-hydrogen) atoms. The number of hydrogen-bond acceptors (Lipinski definition) is 0. The molecular weight excluding hydrogens is 300 g/mol. The maximum absolute atomic E-state index is 5.16. The van der Waals surface area contributed by atoms with Crippen molar-refractivity contribution in [1.29, 1.82) is 0 Å². The first kappa shape index (κ1) is 15.6. The fraction of sp³-hybridized carbons (Fsp3) is 0.762. The molecule has 4 unspecified atom stereocenters. The van der Waals surface area contributed by atoms with Crippen molar-refractivity contribution < 1.29 is 14.8 Å². The van der Waals surface area contributed by atoms with Gasteiger partial charge in [-0.2, -0.15) is 0 Å². The van der Waals surface area contributed by atoms with Crippen molar-refractivity contribution in [3.05, 3.63) is 23.3 Å². The third-order valence-corrected chi connectivity index (χ3v) is 17.0. The van der Waals surface area contributed by atoms with Crippen LogP contribution in [0.1, 0.15) is 64.2 Å². The van der Waals surface area contributed by atoms with Crippen LogP contribution in [0.25, 0.3) is 0 Å². The van der Waals surface area contributed by atoms with Crippen LogP contribution in [-0.4, -0.2) is 4.82 Å². The fourth-order valence-corrected chi connectivity index (χ4v) is 15.5. The Balaban J connectivity index is 1.71. The first-order chi connectivity index (χ1) is 10.5. The van der Waals surface area contributed by atoms with Crippen LogP contribution in [0.15, 0.2) is 23.3 Å². The maximum atomic E-state index is 5.16. The van der Waals surface area contributed by atoms with Crippen molar-refractivity contribution in [2.75, 3.05) is 0 Å². The Morgan fingerprint density at radius 1 is 0.773 bits per heavy atom. The molecule has 4 atom stereocenters. The van der Waals surface area contributed by atoms with E-state index in [-0.39, 0.29) is 0 Å². The Bertz CT molecular complexity index is 539. The molecule has 0 radical (unpaired) electrons. The minimum atomic E-state index is -2.73. The third kappa shape index (κ3) is 2.32. The van der Waals surface area contributed by atoms with Gasteiger partial charge in [0, 0.05) is 0 Å². The van der Waals surface area contributed by atoms with Crippen LogP contribution in [0.5, 0.6) is 0 Å². The molecule has 2 saturated carbocycles. The van der Waals surface area contributed by atoms with Crippen molar-refractivity contribution in [1.82, 2.24) is 0 Å². The van der Waals surface area contributed by atoms with Crippen LogP contribution in [0, 0.1) is 11.8 Å². The van der Waals surface area contributed by atoms with Gasteiger partial charge in [-0.3, -0.25) is 0 Å². The zero-order valence-electron chi connectivity index (χ0n) is 14.7. The van der Waals surface area contributed by atoms with Crippen molar-refractivity contribution in [2.45, 2.75) is 83.1 Å². The summed E-state index contributed by atoms with van der Waals surface area (Å²) in [6.07, 6.45) is 19.7. The van der Waals surface area contributed by atoms with Gasteiger partial charge in [-0.05, 0) is 0 Å². The van der Waals surface area contributed by atoms with Gasteiger partial charge in [0.2, 0.25) is 0 Å². The second-order valence-electron chi connectivity index (χ2n) is 9.86. The summed E-state index contributed by atoms with van der Waals surface area (Å²) >= 11 is -2.73. The molecule has 4 aliphatic rings. The zero-order valence-corrected chi connectivity index (χ0v) is 16.3. The Hall–Kier alpha value is 0.0643. The Labute approximate surface area is 137 Å². The molecule has 0 heterocycles. The Morgan fingerprint density at radius 2 is 1.23 bits per heavy atom. The molecule has 4 rings (SSSR count). The van der Waals surface area contributed by atoms with Gasteiger partial charge in [-0.15, -0.1) is 0 Å². The molecule has 122 valence electrons. The molecule has 4 aliphatic carbocycles. The number of allylic oxidation sites excluding steroid dienone is 4. The normalized spacial score (nSPS) is 39.0. The summed E-state index contributed by atoms with van der Waals surface area (Å²) in [5, 5.41) is 5.42. The molecular formula is C21H34Ti. The van der Waals surface area contributed by atoms with Crippen molar-refractivity contribution in [3.63, 3.8) is 0 Å². The summed E-state index contributed by atoms with van der Waals surface area (Å²) in [6, 6.07) is 0. The fourth-order valence-electron chi connectivity index (χ4n) is 6.76. The van der Waals surface area contributed by atoms with Gasteiger partial charge in [-0.25, -0.2) is 0 Å². The van der Waals surface area contributed by atoms with E-state index in [9.17, 15) is 0 Å². The summed E-state index contributed by atoms with van der Waals surface area (Å²) in [5.74, 6) is 1.89. The van der Waals surface area contributed by atoms with Crippen molar-refractivity contribution in [2.24, 2.45) is 11.8 Å². The van der Waals surface area contributed by atoms with Gasteiger partial charge >= 0.3 is 138 Å². The minimum absolute atomic E-state index is 0.911. The van der Waals surface area contributed by atoms with Crippen LogP contribution in [0.4, 0.5) is 0 Å². The third-order valence-electron chi connectivity index (χ3n) is 7.92. The predicted molar refractivity (Wildman–Crippen MR) is 95.7 cm³/mol. The summed E-state index contributed by atoms with van der Waals surface area (Å²) < 4.78 is 1.82. The van der Waals surface area contributed by atoms with E-state index < -0.39 is 14.8 Å². The molecule has 0 amide bonds. The van der Waals surface area contributed by atoms with E-state index in [4.69, 9.17) is 4.82 Å². The molecule has 0 aromatic heterocycles. The van der Waals surface area contributed by atoms with Crippen LogP contribution in [0.2, 0.25) is 18.9 Å². The average molecular weight is 334 g/mol. The number of hydrogen-bond donors (Lipinski definition) is 0. The summed E-state index contributed by atoms with van der Waals surface area (Å²) in [7, 11) is 0. The van der Waals surface area contributed by atoms with Crippen LogP contribution < -0.4 is 0 Å². The van der Waals surface area contributed by atoms with Gasteiger partial charge in [0.25, 0.3) is 0 Å². The second-order valence-corrected chi connectivity index (χ2v) is 21.2. The van der Waals surface area contributed by atoms with Gasteiger partial charge in [0.1, 0.15) is 0 Å². The standard InChI is InChI=1S/2C9H13.2CH3.CH2.Ti/c2*1-2-5-9-7-3-6-8(9)4-1;;;;/h2*4,6,9H,1-3,5,7H2;2*1H3;1H2;.